The predicted octanol–water partition coefficient (Wildman–Crippen LogP) is 2.00. The molecule has 0 bridgehead atoms. The van der Waals surface area contributed by atoms with Crippen molar-refractivity contribution >= 4 is 0 Å². The topological polar surface area (TPSA) is 12.5 Å². The molecule has 1 aliphatic heterocycles. The molecule has 12 heavy (non-hydrogen) atoms. The van der Waals surface area contributed by atoms with Gasteiger partial charge >= 0.3 is 0 Å². The Labute approximate surface area is 76.9 Å². The summed E-state index contributed by atoms with van der Waals surface area (Å²) >= 11 is 0. The summed E-state index contributed by atoms with van der Waals surface area (Å²) in [6, 6.07) is 0. The summed E-state index contributed by atoms with van der Waals surface area (Å²) in [4.78, 5) is 2.26. The molecule has 0 saturated carbocycles. The van der Waals surface area contributed by atoms with Crippen LogP contribution in [0.2, 0.25) is 0 Å². The fraction of sp³-hybridized carbons (Fsp3) is 1.00. The van der Waals surface area contributed by atoms with E-state index in [-0.39, 0.29) is 0 Å². The van der Waals surface area contributed by atoms with Crippen LogP contribution in [0.25, 0.3) is 0 Å². The SMILES string of the molecule is CC.CN(C)CC1CCOCC1. The number of ether oxygens (including phenoxy) is 1. The van der Waals surface area contributed by atoms with Gasteiger partial charge in [0.2, 0.25) is 0 Å². The zero-order valence-electron chi connectivity index (χ0n) is 8.97. The second-order valence-corrected chi connectivity index (χ2v) is 3.32. The van der Waals surface area contributed by atoms with E-state index >= 15 is 0 Å². The first-order valence-corrected chi connectivity index (χ1v) is 5.01. The molecule has 1 rings (SSSR count). The van der Waals surface area contributed by atoms with Crippen LogP contribution in [0.3, 0.4) is 0 Å². The average molecular weight is 173 g/mol. The van der Waals surface area contributed by atoms with E-state index in [0.717, 1.165) is 19.1 Å². The second-order valence-electron chi connectivity index (χ2n) is 3.32. The molecule has 2 heteroatoms. The number of rotatable bonds is 2. The Morgan fingerprint density at radius 2 is 1.67 bits per heavy atom. The zero-order chi connectivity index (χ0) is 9.40. The summed E-state index contributed by atoms with van der Waals surface area (Å²) in [5.74, 6) is 0.878. The molecule has 2 nitrogen and oxygen atoms in total. The molecule has 0 N–H and O–H groups in total. The van der Waals surface area contributed by atoms with Gasteiger partial charge in [0, 0.05) is 19.8 Å². The molecular weight excluding hydrogens is 150 g/mol. The van der Waals surface area contributed by atoms with Crippen molar-refractivity contribution in [1.29, 1.82) is 0 Å². The van der Waals surface area contributed by atoms with E-state index in [2.05, 4.69) is 19.0 Å². The first-order chi connectivity index (χ1) is 5.79. The van der Waals surface area contributed by atoms with Crippen molar-refractivity contribution in [2.24, 2.45) is 5.92 Å². The lowest BCUT2D eigenvalue weighted by molar-refractivity contribution is 0.0582. The lowest BCUT2D eigenvalue weighted by Gasteiger charge is -2.24. The molecule has 0 unspecified atom stereocenters. The van der Waals surface area contributed by atoms with E-state index in [0.29, 0.717) is 0 Å². The molecule has 0 aliphatic carbocycles. The number of hydrogen-bond acceptors (Lipinski definition) is 2. The quantitative estimate of drug-likeness (QED) is 0.633. The highest BCUT2D eigenvalue weighted by Crippen LogP contribution is 2.14. The molecule has 0 amide bonds. The van der Waals surface area contributed by atoms with Gasteiger partial charge in [0.25, 0.3) is 0 Å². The Morgan fingerprint density at radius 1 is 1.17 bits per heavy atom. The molecule has 1 heterocycles. The summed E-state index contributed by atoms with van der Waals surface area (Å²) in [6.07, 6.45) is 2.50. The third kappa shape index (κ3) is 5.56. The van der Waals surface area contributed by atoms with Crippen molar-refractivity contribution < 1.29 is 4.74 Å². The van der Waals surface area contributed by atoms with Crippen LogP contribution in [-0.2, 0) is 4.74 Å². The van der Waals surface area contributed by atoms with Gasteiger partial charge in [0.05, 0.1) is 0 Å². The van der Waals surface area contributed by atoms with E-state index in [1.165, 1.54) is 19.4 Å². The van der Waals surface area contributed by atoms with Gasteiger partial charge in [-0.25, -0.2) is 0 Å². The first kappa shape index (κ1) is 11.9. The van der Waals surface area contributed by atoms with Crippen molar-refractivity contribution in [2.75, 3.05) is 33.9 Å². The summed E-state index contributed by atoms with van der Waals surface area (Å²) < 4.78 is 5.26. The fourth-order valence-corrected chi connectivity index (χ4v) is 1.45. The minimum Gasteiger partial charge on any atom is -0.381 e. The van der Waals surface area contributed by atoms with Gasteiger partial charge in [-0.15, -0.1) is 0 Å². The normalized spacial score (nSPS) is 18.8. The van der Waals surface area contributed by atoms with Crippen molar-refractivity contribution in [1.82, 2.24) is 4.90 Å². The number of nitrogens with zero attached hydrogens (tertiary/aromatic N) is 1. The zero-order valence-corrected chi connectivity index (χ0v) is 8.97. The Morgan fingerprint density at radius 3 is 2.08 bits per heavy atom. The standard InChI is InChI=1S/C8H17NO.C2H6/c1-9(2)7-8-3-5-10-6-4-8;1-2/h8H,3-7H2,1-2H3;1-2H3. The van der Waals surface area contributed by atoms with Crippen LogP contribution in [-0.4, -0.2) is 38.8 Å². The molecule has 0 spiro atoms. The van der Waals surface area contributed by atoms with Crippen LogP contribution in [0.15, 0.2) is 0 Å². The fourth-order valence-electron chi connectivity index (χ4n) is 1.45. The van der Waals surface area contributed by atoms with E-state index in [9.17, 15) is 0 Å². The number of hydrogen-bond donors (Lipinski definition) is 0. The Balaban J connectivity index is 0.000000561. The molecular formula is C10H23NO. The van der Waals surface area contributed by atoms with Crippen LogP contribution in [0.1, 0.15) is 26.7 Å². The molecule has 1 aliphatic rings. The Hall–Kier alpha value is -0.0800. The second kappa shape index (κ2) is 7.56. The van der Waals surface area contributed by atoms with Crippen LogP contribution in [0, 0.1) is 5.92 Å². The van der Waals surface area contributed by atoms with Gasteiger partial charge in [-0.1, -0.05) is 13.8 Å². The smallest absolute Gasteiger partial charge is 0.0469 e. The summed E-state index contributed by atoms with van der Waals surface area (Å²) in [5.41, 5.74) is 0. The predicted molar refractivity (Wildman–Crippen MR) is 53.4 cm³/mol. The Bertz CT molecular complexity index is 87.8. The third-order valence-electron chi connectivity index (χ3n) is 1.96. The van der Waals surface area contributed by atoms with Crippen molar-refractivity contribution in [3.63, 3.8) is 0 Å². The third-order valence-corrected chi connectivity index (χ3v) is 1.96. The van der Waals surface area contributed by atoms with E-state index < -0.39 is 0 Å². The van der Waals surface area contributed by atoms with Gasteiger partial charge < -0.3 is 9.64 Å². The maximum absolute atomic E-state index is 5.26. The van der Waals surface area contributed by atoms with E-state index in [1.54, 1.807) is 0 Å². The van der Waals surface area contributed by atoms with Crippen LogP contribution in [0.4, 0.5) is 0 Å². The molecule has 0 aromatic heterocycles. The molecule has 1 saturated heterocycles. The van der Waals surface area contributed by atoms with Gasteiger partial charge in [-0.3, -0.25) is 0 Å². The summed E-state index contributed by atoms with van der Waals surface area (Å²) in [5, 5.41) is 0. The van der Waals surface area contributed by atoms with E-state index in [4.69, 9.17) is 4.74 Å². The largest absolute Gasteiger partial charge is 0.381 e. The maximum Gasteiger partial charge on any atom is 0.0469 e. The van der Waals surface area contributed by atoms with Gasteiger partial charge in [0.15, 0.2) is 0 Å². The van der Waals surface area contributed by atoms with Crippen molar-refractivity contribution in [3.05, 3.63) is 0 Å². The average Bonchev–Trinajstić information content (AvgIpc) is 2.08. The highest BCUT2D eigenvalue weighted by molar-refractivity contribution is 4.65. The van der Waals surface area contributed by atoms with Crippen molar-refractivity contribution in [2.45, 2.75) is 26.7 Å². The lowest BCUT2D eigenvalue weighted by atomic mass is 10.0. The maximum atomic E-state index is 5.26. The Kier molecular flexibility index (Phi) is 7.51. The summed E-state index contributed by atoms with van der Waals surface area (Å²) in [6.45, 7) is 7.17. The van der Waals surface area contributed by atoms with Gasteiger partial charge in [-0.05, 0) is 32.9 Å². The molecule has 0 atom stereocenters. The first-order valence-electron chi connectivity index (χ1n) is 5.01. The minimum atomic E-state index is 0.878. The van der Waals surface area contributed by atoms with Crippen LogP contribution >= 0.6 is 0 Å². The minimum absolute atomic E-state index is 0.878. The molecule has 1 fully saturated rings. The monoisotopic (exact) mass is 173 g/mol. The lowest BCUT2D eigenvalue weighted by Crippen LogP contribution is -2.26. The summed E-state index contributed by atoms with van der Waals surface area (Å²) in [7, 11) is 4.27. The van der Waals surface area contributed by atoms with Crippen LogP contribution < -0.4 is 0 Å². The molecule has 0 aromatic rings. The van der Waals surface area contributed by atoms with Crippen LogP contribution in [0.5, 0.6) is 0 Å². The highest BCUT2D eigenvalue weighted by Gasteiger charge is 2.13. The van der Waals surface area contributed by atoms with Gasteiger partial charge in [-0.2, -0.15) is 0 Å². The van der Waals surface area contributed by atoms with Gasteiger partial charge in [0.1, 0.15) is 0 Å². The highest BCUT2D eigenvalue weighted by atomic mass is 16.5. The van der Waals surface area contributed by atoms with E-state index in [1.807, 2.05) is 13.8 Å². The molecule has 0 radical (unpaired) electrons. The van der Waals surface area contributed by atoms with Crippen molar-refractivity contribution in [3.8, 4) is 0 Å². The molecule has 74 valence electrons. The molecule has 0 aromatic carbocycles.